The summed E-state index contributed by atoms with van der Waals surface area (Å²) in [5.74, 6) is 1.26. The molecule has 2 unspecified atom stereocenters. The van der Waals surface area contributed by atoms with Gasteiger partial charge in [-0.25, -0.2) is 9.98 Å². The highest BCUT2D eigenvalue weighted by Gasteiger charge is 2.35. The number of benzene rings is 1. The molecule has 2 aromatic rings. The van der Waals surface area contributed by atoms with E-state index < -0.39 is 11.1 Å². The summed E-state index contributed by atoms with van der Waals surface area (Å²) in [7, 11) is 0. The van der Waals surface area contributed by atoms with Crippen molar-refractivity contribution in [1.82, 2.24) is 8.96 Å². The van der Waals surface area contributed by atoms with E-state index in [9.17, 15) is 5.11 Å². The van der Waals surface area contributed by atoms with Crippen molar-refractivity contribution in [3.05, 3.63) is 47.9 Å². The second-order valence-electron chi connectivity index (χ2n) is 6.55. The predicted octanol–water partition coefficient (Wildman–Crippen LogP) is 3.95. The van der Waals surface area contributed by atoms with Gasteiger partial charge in [0.05, 0.1) is 6.20 Å². The van der Waals surface area contributed by atoms with E-state index in [1.165, 1.54) is 24.8 Å². The number of thiol groups is 1. The summed E-state index contributed by atoms with van der Waals surface area (Å²) in [6.45, 7) is 2.09. The number of aryl methyl sites for hydroxylation is 1. The Hall–Kier alpha value is -1.59. The molecule has 1 fully saturated rings. The molecule has 1 N–H and O–H groups in total. The first-order valence-corrected chi connectivity index (χ1v) is 9.76. The van der Waals surface area contributed by atoms with Crippen molar-refractivity contribution < 1.29 is 5.11 Å². The van der Waals surface area contributed by atoms with Gasteiger partial charge in [0.1, 0.15) is 16.8 Å². The fourth-order valence-electron chi connectivity index (χ4n) is 3.57. The highest BCUT2D eigenvalue weighted by atomic mass is 32.2. The summed E-state index contributed by atoms with van der Waals surface area (Å²) in [6.07, 6.45) is 9.66. The van der Waals surface area contributed by atoms with Crippen LogP contribution < -0.4 is 0 Å². The second-order valence-corrected chi connectivity index (χ2v) is 8.63. The van der Waals surface area contributed by atoms with Crippen molar-refractivity contribution in [3.63, 3.8) is 0 Å². The quantitative estimate of drug-likeness (QED) is 0.838. The van der Waals surface area contributed by atoms with Crippen LogP contribution in [0.25, 0.3) is 0 Å². The molecule has 1 saturated carbocycles. The van der Waals surface area contributed by atoms with E-state index in [0.717, 1.165) is 29.3 Å². The highest BCUT2D eigenvalue weighted by molar-refractivity contribution is 8.29. The molecule has 2 heterocycles. The number of nitrogens with zero attached hydrogens (tertiary/aromatic N) is 3. The van der Waals surface area contributed by atoms with Crippen molar-refractivity contribution in [2.45, 2.75) is 44.5 Å². The van der Waals surface area contributed by atoms with Gasteiger partial charge in [-0.1, -0.05) is 60.2 Å². The summed E-state index contributed by atoms with van der Waals surface area (Å²) in [6, 6.07) is 8.47. The lowest BCUT2D eigenvalue weighted by Gasteiger charge is -2.34. The standard InChI is InChI=1S/C18H23N3OS/c1-13-7-9-14(10-8-13)17-20-16-11-19-12-21(16)23(17)18(22)15-5-3-2-4-6-15/h7-12,15,18,22-23H,2-6H2,1H3. The maximum absolute atomic E-state index is 11.1. The summed E-state index contributed by atoms with van der Waals surface area (Å²) in [4.78, 5) is 9.02. The van der Waals surface area contributed by atoms with E-state index >= 15 is 0 Å². The van der Waals surface area contributed by atoms with Gasteiger partial charge in [0.15, 0.2) is 5.82 Å². The van der Waals surface area contributed by atoms with Crippen LogP contribution in [0.5, 0.6) is 0 Å². The van der Waals surface area contributed by atoms with E-state index in [1.807, 2.05) is 6.33 Å². The van der Waals surface area contributed by atoms with Crippen LogP contribution in [0.15, 0.2) is 41.8 Å². The molecule has 0 saturated heterocycles. The average Bonchev–Trinajstić information content (AvgIpc) is 3.16. The molecule has 2 aliphatic rings. The first-order chi connectivity index (χ1) is 11.2. The summed E-state index contributed by atoms with van der Waals surface area (Å²) in [5.41, 5.74) is 2.03. The van der Waals surface area contributed by atoms with Crippen LogP contribution in [0.4, 0.5) is 5.82 Å². The van der Waals surface area contributed by atoms with E-state index in [1.54, 1.807) is 6.20 Å². The summed E-state index contributed by atoms with van der Waals surface area (Å²) >= 11 is -0.898. The first kappa shape index (κ1) is 15.0. The number of aliphatic hydroxyl groups excluding tert-OH is 1. The molecule has 0 spiro atoms. The molecule has 4 nitrogen and oxygen atoms in total. The van der Waals surface area contributed by atoms with E-state index in [-0.39, 0.29) is 5.44 Å². The zero-order valence-electron chi connectivity index (χ0n) is 13.4. The van der Waals surface area contributed by atoms with Crippen molar-refractivity contribution in [2.75, 3.05) is 0 Å². The number of rotatable bonds is 3. The number of aliphatic hydroxyl groups is 1. The number of imidazole rings is 1. The predicted molar refractivity (Wildman–Crippen MR) is 96.6 cm³/mol. The number of hydrogen-bond acceptors (Lipinski definition) is 3. The molecule has 0 radical (unpaired) electrons. The van der Waals surface area contributed by atoms with Crippen LogP contribution in [-0.4, -0.2) is 24.5 Å². The molecule has 1 aromatic carbocycles. The first-order valence-electron chi connectivity index (χ1n) is 8.40. The lowest BCUT2D eigenvalue weighted by molar-refractivity contribution is 0.158. The van der Waals surface area contributed by atoms with Crippen LogP contribution >= 0.6 is 11.1 Å². The lowest BCUT2D eigenvalue weighted by Crippen LogP contribution is -2.27. The van der Waals surface area contributed by atoms with Gasteiger partial charge < -0.3 is 5.11 Å². The van der Waals surface area contributed by atoms with Crippen LogP contribution in [0.3, 0.4) is 0 Å². The Morgan fingerprint density at radius 3 is 2.65 bits per heavy atom. The zero-order chi connectivity index (χ0) is 15.8. The zero-order valence-corrected chi connectivity index (χ0v) is 14.3. The monoisotopic (exact) mass is 329 g/mol. The van der Waals surface area contributed by atoms with Gasteiger partial charge in [-0.15, -0.1) is 0 Å². The molecule has 0 amide bonds. The summed E-state index contributed by atoms with van der Waals surface area (Å²) < 4.78 is 2.10. The number of aromatic nitrogens is 2. The number of hydrogen-bond donors (Lipinski definition) is 2. The largest absolute Gasteiger partial charge is 0.382 e. The van der Waals surface area contributed by atoms with Gasteiger partial charge in [-0.05, 0) is 25.7 Å². The Morgan fingerprint density at radius 1 is 1.17 bits per heavy atom. The van der Waals surface area contributed by atoms with Crippen molar-refractivity contribution in [3.8, 4) is 0 Å². The number of fused-ring (bicyclic) bond motifs is 1. The smallest absolute Gasteiger partial charge is 0.162 e. The third kappa shape index (κ3) is 2.72. The van der Waals surface area contributed by atoms with Gasteiger partial charge in [-0.2, -0.15) is 0 Å². The molecule has 23 heavy (non-hydrogen) atoms. The molecule has 1 aliphatic heterocycles. The second kappa shape index (κ2) is 6.13. The van der Waals surface area contributed by atoms with Crippen LogP contribution in [0, 0.1) is 12.8 Å². The minimum absolute atomic E-state index is 0.333. The molecule has 122 valence electrons. The molecule has 4 rings (SSSR count). The Labute approximate surface area is 139 Å². The van der Waals surface area contributed by atoms with Crippen molar-refractivity contribution in [2.24, 2.45) is 10.9 Å². The Kier molecular flexibility index (Phi) is 3.99. The maximum Gasteiger partial charge on any atom is 0.162 e. The normalized spacial score (nSPS) is 24.3. The molecule has 1 aromatic heterocycles. The van der Waals surface area contributed by atoms with Crippen molar-refractivity contribution >= 4 is 21.9 Å². The fourth-order valence-corrected chi connectivity index (χ4v) is 6.09. The Balaban J connectivity index is 1.69. The lowest BCUT2D eigenvalue weighted by atomic mass is 9.90. The third-order valence-electron chi connectivity index (χ3n) is 4.90. The van der Waals surface area contributed by atoms with Gasteiger partial charge in [0.25, 0.3) is 0 Å². The molecular formula is C18H23N3OS. The molecule has 5 heteroatoms. The van der Waals surface area contributed by atoms with E-state index in [2.05, 4.69) is 40.1 Å². The maximum atomic E-state index is 11.1. The average molecular weight is 329 g/mol. The van der Waals surface area contributed by atoms with Crippen LogP contribution in [-0.2, 0) is 0 Å². The van der Waals surface area contributed by atoms with Gasteiger partial charge in [0.2, 0.25) is 0 Å². The minimum Gasteiger partial charge on any atom is -0.382 e. The molecule has 1 aliphatic carbocycles. The van der Waals surface area contributed by atoms with Gasteiger partial charge in [-0.3, -0.25) is 3.97 Å². The summed E-state index contributed by atoms with van der Waals surface area (Å²) in [5, 5.41) is 12.2. The minimum atomic E-state index is -0.898. The van der Waals surface area contributed by atoms with Crippen LogP contribution in [0.2, 0.25) is 0 Å². The topological polar surface area (TPSA) is 50.4 Å². The van der Waals surface area contributed by atoms with E-state index in [0.29, 0.717) is 5.92 Å². The highest BCUT2D eigenvalue weighted by Crippen LogP contribution is 2.50. The van der Waals surface area contributed by atoms with E-state index in [4.69, 9.17) is 4.99 Å². The van der Waals surface area contributed by atoms with Gasteiger partial charge in [0, 0.05) is 5.56 Å². The van der Waals surface area contributed by atoms with Crippen molar-refractivity contribution in [1.29, 1.82) is 0 Å². The number of aliphatic imine (C=N–C) groups is 1. The molecular weight excluding hydrogens is 306 g/mol. The SMILES string of the molecule is Cc1ccc(C2=Nc3cncn3[SH]2C(O)C2CCCCC2)cc1. The van der Waals surface area contributed by atoms with Crippen LogP contribution in [0.1, 0.15) is 43.2 Å². The fraction of sp³-hybridized carbons (Fsp3) is 0.444. The molecule has 0 bridgehead atoms. The Morgan fingerprint density at radius 2 is 1.91 bits per heavy atom. The van der Waals surface area contributed by atoms with Gasteiger partial charge >= 0.3 is 0 Å². The Bertz CT molecular complexity index is 716. The molecule has 2 atom stereocenters. The third-order valence-corrected chi connectivity index (χ3v) is 7.39.